The number of carbonyl (C=O) groups is 1. The standard InChI is InChI=1S/C21H22N2O4/c1-14-4-5-17(15(2)12-14)6-11-21(24)26-19-9-7-18(8-10-19)25-13-20-22-16(3)23-27-20/h4-5,7-10,12H,6,11,13H2,1-3H3. The summed E-state index contributed by atoms with van der Waals surface area (Å²) in [4.78, 5) is 16.1. The summed E-state index contributed by atoms with van der Waals surface area (Å²) in [6.45, 7) is 6.05. The van der Waals surface area contributed by atoms with Gasteiger partial charge in [0.25, 0.3) is 5.89 Å². The third-order valence-corrected chi connectivity index (χ3v) is 4.08. The van der Waals surface area contributed by atoms with Gasteiger partial charge in [0.05, 0.1) is 0 Å². The van der Waals surface area contributed by atoms with E-state index in [1.54, 1.807) is 31.2 Å². The van der Waals surface area contributed by atoms with Crippen molar-refractivity contribution in [2.24, 2.45) is 0 Å². The van der Waals surface area contributed by atoms with Crippen molar-refractivity contribution in [3.05, 3.63) is 70.9 Å². The van der Waals surface area contributed by atoms with E-state index in [9.17, 15) is 4.79 Å². The monoisotopic (exact) mass is 366 g/mol. The van der Waals surface area contributed by atoms with Crippen LogP contribution in [0.5, 0.6) is 11.5 Å². The summed E-state index contributed by atoms with van der Waals surface area (Å²) in [6, 6.07) is 13.1. The first-order valence-electron chi connectivity index (χ1n) is 8.78. The Kier molecular flexibility index (Phi) is 5.86. The number of nitrogens with zero attached hydrogens (tertiary/aromatic N) is 2. The summed E-state index contributed by atoms with van der Waals surface area (Å²) in [6.07, 6.45) is 0.994. The van der Waals surface area contributed by atoms with Crippen LogP contribution in [0.4, 0.5) is 0 Å². The zero-order chi connectivity index (χ0) is 19.2. The molecule has 6 heteroatoms. The summed E-state index contributed by atoms with van der Waals surface area (Å²) < 4.78 is 15.9. The minimum atomic E-state index is -0.259. The predicted molar refractivity (Wildman–Crippen MR) is 99.7 cm³/mol. The van der Waals surface area contributed by atoms with Gasteiger partial charge < -0.3 is 14.0 Å². The molecule has 140 valence electrons. The number of carbonyl (C=O) groups excluding carboxylic acids is 1. The molecular weight excluding hydrogens is 344 g/mol. The van der Waals surface area contributed by atoms with E-state index >= 15 is 0 Å². The fourth-order valence-electron chi connectivity index (χ4n) is 2.69. The van der Waals surface area contributed by atoms with Crippen molar-refractivity contribution in [2.75, 3.05) is 0 Å². The number of aryl methyl sites for hydroxylation is 4. The van der Waals surface area contributed by atoms with Gasteiger partial charge in [-0.15, -0.1) is 0 Å². The van der Waals surface area contributed by atoms with Crippen LogP contribution >= 0.6 is 0 Å². The van der Waals surface area contributed by atoms with Gasteiger partial charge in [-0.2, -0.15) is 4.98 Å². The van der Waals surface area contributed by atoms with Gasteiger partial charge in [0.2, 0.25) is 0 Å². The molecule has 3 rings (SSSR count). The predicted octanol–water partition coefficient (Wildman–Crippen LogP) is 4.11. The molecule has 2 aromatic carbocycles. The molecule has 0 atom stereocenters. The lowest BCUT2D eigenvalue weighted by molar-refractivity contribution is -0.134. The number of hydrogen-bond acceptors (Lipinski definition) is 6. The third kappa shape index (κ3) is 5.41. The molecular formula is C21H22N2O4. The van der Waals surface area contributed by atoms with E-state index in [-0.39, 0.29) is 12.6 Å². The van der Waals surface area contributed by atoms with Crippen LogP contribution in [0.1, 0.15) is 34.8 Å². The second-order valence-corrected chi connectivity index (χ2v) is 6.40. The Balaban J connectivity index is 1.47. The maximum atomic E-state index is 12.1. The molecule has 0 bridgehead atoms. The second-order valence-electron chi connectivity index (χ2n) is 6.40. The molecule has 0 spiro atoms. The second kappa shape index (κ2) is 8.49. The largest absolute Gasteiger partial charge is 0.484 e. The number of aromatic nitrogens is 2. The third-order valence-electron chi connectivity index (χ3n) is 4.08. The first kappa shape index (κ1) is 18.6. The number of rotatable bonds is 7. The highest BCUT2D eigenvalue weighted by atomic mass is 16.5. The van der Waals surface area contributed by atoms with Gasteiger partial charge in [0.1, 0.15) is 11.5 Å². The van der Waals surface area contributed by atoms with Crippen LogP contribution in [0.25, 0.3) is 0 Å². The Morgan fingerprint density at radius 3 is 2.44 bits per heavy atom. The first-order chi connectivity index (χ1) is 13.0. The average Bonchev–Trinajstić information content (AvgIpc) is 3.06. The molecule has 1 heterocycles. The molecule has 3 aromatic rings. The summed E-state index contributed by atoms with van der Waals surface area (Å²) in [5.41, 5.74) is 3.58. The van der Waals surface area contributed by atoms with Gasteiger partial charge in [0, 0.05) is 6.42 Å². The smallest absolute Gasteiger partial charge is 0.311 e. The molecule has 0 radical (unpaired) electrons. The molecule has 0 unspecified atom stereocenters. The minimum absolute atomic E-state index is 0.190. The van der Waals surface area contributed by atoms with Gasteiger partial charge in [-0.1, -0.05) is 28.9 Å². The van der Waals surface area contributed by atoms with E-state index in [2.05, 4.69) is 42.2 Å². The molecule has 1 aromatic heterocycles. The Bertz CT molecular complexity index is 916. The van der Waals surface area contributed by atoms with Gasteiger partial charge in [-0.25, -0.2) is 0 Å². The van der Waals surface area contributed by atoms with Crippen LogP contribution in [-0.4, -0.2) is 16.1 Å². The first-order valence-corrected chi connectivity index (χ1v) is 8.78. The topological polar surface area (TPSA) is 74.5 Å². The highest BCUT2D eigenvalue weighted by Gasteiger charge is 2.08. The lowest BCUT2D eigenvalue weighted by atomic mass is 10.0. The minimum Gasteiger partial charge on any atom is -0.484 e. The molecule has 0 saturated carbocycles. The normalized spacial score (nSPS) is 10.6. The van der Waals surface area contributed by atoms with E-state index in [4.69, 9.17) is 14.0 Å². The Morgan fingerprint density at radius 2 is 1.78 bits per heavy atom. The van der Waals surface area contributed by atoms with Crippen molar-refractivity contribution in [1.82, 2.24) is 10.1 Å². The summed E-state index contributed by atoms with van der Waals surface area (Å²) >= 11 is 0. The summed E-state index contributed by atoms with van der Waals surface area (Å²) in [5, 5.41) is 3.70. The van der Waals surface area contributed by atoms with Crippen molar-refractivity contribution in [3.63, 3.8) is 0 Å². The lowest BCUT2D eigenvalue weighted by Crippen LogP contribution is -2.09. The highest BCUT2D eigenvalue weighted by Crippen LogP contribution is 2.19. The average molecular weight is 366 g/mol. The maximum Gasteiger partial charge on any atom is 0.311 e. The van der Waals surface area contributed by atoms with E-state index in [0.29, 0.717) is 36.1 Å². The SMILES string of the molecule is Cc1ccc(CCC(=O)Oc2ccc(OCc3nc(C)no3)cc2)c(C)c1. The molecule has 6 nitrogen and oxygen atoms in total. The van der Waals surface area contributed by atoms with E-state index in [1.165, 1.54) is 11.1 Å². The Morgan fingerprint density at radius 1 is 1.04 bits per heavy atom. The molecule has 0 N–H and O–H groups in total. The zero-order valence-electron chi connectivity index (χ0n) is 15.7. The number of ether oxygens (including phenoxy) is 2. The van der Waals surface area contributed by atoms with Gasteiger partial charge in [-0.3, -0.25) is 4.79 Å². The van der Waals surface area contributed by atoms with Gasteiger partial charge in [0.15, 0.2) is 12.4 Å². The molecule has 27 heavy (non-hydrogen) atoms. The molecule has 0 saturated heterocycles. The number of hydrogen-bond donors (Lipinski definition) is 0. The fraction of sp³-hybridized carbons (Fsp3) is 0.286. The fourth-order valence-corrected chi connectivity index (χ4v) is 2.69. The van der Waals surface area contributed by atoms with E-state index in [1.807, 2.05) is 0 Å². The molecule has 0 fully saturated rings. The Hall–Kier alpha value is -3.15. The maximum absolute atomic E-state index is 12.1. The number of esters is 1. The zero-order valence-corrected chi connectivity index (χ0v) is 15.7. The van der Waals surface area contributed by atoms with Crippen molar-refractivity contribution in [3.8, 4) is 11.5 Å². The van der Waals surface area contributed by atoms with E-state index in [0.717, 1.165) is 5.56 Å². The quantitative estimate of drug-likeness (QED) is 0.463. The van der Waals surface area contributed by atoms with Crippen LogP contribution in [0, 0.1) is 20.8 Å². The van der Waals surface area contributed by atoms with Crippen LogP contribution in [-0.2, 0) is 17.8 Å². The van der Waals surface area contributed by atoms with Crippen LogP contribution in [0.3, 0.4) is 0 Å². The van der Waals surface area contributed by atoms with Gasteiger partial charge in [-0.05, 0) is 62.6 Å². The molecule has 0 aliphatic heterocycles. The molecule has 0 aliphatic rings. The van der Waals surface area contributed by atoms with Crippen LogP contribution in [0.15, 0.2) is 47.0 Å². The summed E-state index contributed by atoms with van der Waals surface area (Å²) in [5.74, 6) is 1.83. The van der Waals surface area contributed by atoms with Crippen molar-refractivity contribution < 1.29 is 18.8 Å². The van der Waals surface area contributed by atoms with Crippen molar-refractivity contribution in [2.45, 2.75) is 40.2 Å². The molecule has 0 aliphatic carbocycles. The van der Waals surface area contributed by atoms with Crippen molar-refractivity contribution in [1.29, 1.82) is 0 Å². The summed E-state index contributed by atoms with van der Waals surface area (Å²) in [7, 11) is 0. The van der Waals surface area contributed by atoms with Crippen LogP contribution in [0.2, 0.25) is 0 Å². The highest BCUT2D eigenvalue weighted by molar-refractivity contribution is 5.72. The van der Waals surface area contributed by atoms with Gasteiger partial charge >= 0.3 is 5.97 Å². The molecule has 0 amide bonds. The van der Waals surface area contributed by atoms with E-state index < -0.39 is 0 Å². The van der Waals surface area contributed by atoms with Crippen molar-refractivity contribution >= 4 is 5.97 Å². The Labute approximate surface area is 158 Å². The number of benzene rings is 2. The lowest BCUT2D eigenvalue weighted by Gasteiger charge is -2.08. The van der Waals surface area contributed by atoms with Crippen LogP contribution < -0.4 is 9.47 Å².